The standard InChI is InChI=1S/C14H22BrNO2/c1-12(2)16(9-8-15)10-11-18-14-7-5-4-6-13(14)17-3/h4-7,12H,8-11H2,1-3H3. The van der Waals surface area contributed by atoms with Crippen LogP contribution in [-0.4, -0.2) is 43.1 Å². The van der Waals surface area contributed by atoms with E-state index in [9.17, 15) is 0 Å². The summed E-state index contributed by atoms with van der Waals surface area (Å²) in [5, 5.41) is 0.986. The summed E-state index contributed by atoms with van der Waals surface area (Å²) in [6.45, 7) is 7.03. The van der Waals surface area contributed by atoms with Crippen LogP contribution in [0.2, 0.25) is 0 Å². The molecule has 0 unspecified atom stereocenters. The van der Waals surface area contributed by atoms with Crippen LogP contribution in [0.25, 0.3) is 0 Å². The van der Waals surface area contributed by atoms with Gasteiger partial charge in [0.05, 0.1) is 7.11 Å². The second-order valence-electron chi connectivity index (χ2n) is 4.32. The van der Waals surface area contributed by atoms with Gasteiger partial charge in [-0.25, -0.2) is 0 Å². The molecule has 18 heavy (non-hydrogen) atoms. The monoisotopic (exact) mass is 315 g/mol. The zero-order valence-electron chi connectivity index (χ0n) is 11.4. The molecule has 0 atom stereocenters. The van der Waals surface area contributed by atoms with Gasteiger partial charge in [0.25, 0.3) is 0 Å². The molecular weight excluding hydrogens is 294 g/mol. The maximum Gasteiger partial charge on any atom is 0.161 e. The molecule has 0 heterocycles. The van der Waals surface area contributed by atoms with Crippen LogP contribution in [0.1, 0.15) is 13.8 Å². The Labute approximate surface area is 118 Å². The third-order valence-corrected chi connectivity index (χ3v) is 3.16. The predicted molar refractivity (Wildman–Crippen MR) is 79.0 cm³/mol. The van der Waals surface area contributed by atoms with Gasteiger partial charge in [0.15, 0.2) is 11.5 Å². The molecule has 0 saturated heterocycles. The van der Waals surface area contributed by atoms with Gasteiger partial charge in [0, 0.05) is 24.5 Å². The van der Waals surface area contributed by atoms with Crippen LogP contribution < -0.4 is 9.47 Å². The summed E-state index contributed by atoms with van der Waals surface area (Å²) in [5.74, 6) is 1.59. The van der Waals surface area contributed by atoms with Gasteiger partial charge in [-0.05, 0) is 26.0 Å². The Morgan fingerprint density at radius 1 is 1.17 bits per heavy atom. The molecule has 0 aliphatic rings. The number of halogens is 1. The van der Waals surface area contributed by atoms with Crippen molar-refractivity contribution in [2.45, 2.75) is 19.9 Å². The predicted octanol–water partition coefficient (Wildman–Crippen LogP) is 3.18. The molecule has 0 aliphatic carbocycles. The van der Waals surface area contributed by atoms with Crippen molar-refractivity contribution in [3.8, 4) is 11.5 Å². The molecule has 1 rings (SSSR count). The summed E-state index contributed by atoms with van der Waals surface area (Å²) in [7, 11) is 1.66. The maximum atomic E-state index is 5.77. The fourth-order valence-corrected chi connectivity index (χ4v) is 2.20. The number of hydrogen-bond donors (Lipinski definition) is 0. The highest BCUT2D eigenvalue weighted by Crippen LogP contribution is 2.25. The van der Waals surface area contributed by atoms with Crippen LogP contribution in [0.3, 0.4) is 0 Å². The summed E-state index contributed by atoms with van der Waals surface area (Å²) < 4.78 is 11.0. The van der Waals surface area contributed by atoms with Gasteiger partial charge in [-0.15, -0.1) is 0 Å². The van der Waals surface area contributed by atoms with Crippen molar-refractivity contribution in [3.05, 3.63) is 24.3 Å². The number of alkyl halides is 1. The Morgan fingerprint density at radius 3 is 2.39 bits per heavy atom. The van der Waals surface area contributed by atoms with Crippen LogP contribution in [0, 0.1) is 0 Å². The highest BCUT2D eigenvalue weighted by Gasteiger charge is 2.09. The molecular formula is C14H22BrNO2. The van der Waals surface area contributed by atoms with E-state index in [0.29, 0.717) is 12.6 Å². The quantitative estimate of drug-likeness (QED) is 0.688. The van der Waals surface area contributed by atoms with E-state index in [1.807, 2.05) is 24.3 Å². The zero-order chi connectivity index (χ0) is 13.4. The Kier molecular flexibility index (Phi) is 7.13. The Balaban J connectivity index is 2.44. The molecule has 4 heteroatoms. The first kappa shape index (κ1) is 15.3. The molecule has 102 valence electrons. The lowest BCUT2D eigenvalue weighted by Gasteiger charge is -2.25. The van der Waals surface area contributed by atoms with Gasteiger partial charge < -0.3 is 9.47 Å². The van der Waals surface area contributed by atoms with Crippen molar-refractivity contribution in [2.24, 2.45) is 0 Å². The van der Waals surface area contributed by atoms with Crippen molar-refractivity contribution < 1.29 is 9.47 Å². The fourth-order valence-electron chi connectivity index (χ4n) is 1.75. The van der Waals surface area contributed by atoms with E-state index in [4.69, 9.17) is 9.47 Å². The average Bonchev–Trinajstić information content (AvgIpc) is 2.38. The van der Waals surface area contributed by atoms with Gasteiger partial charge in [-0.3, -0.25) is 4.90 Å². The molecule has 1 aromatic carbocycles. The van der Waals surface area contributed by atoms with E-state index < -0.39 is 0 Å². The average molecular weight is 316 g/mol. The molecule has 0 bridgehead atoms. The van der Waals surface area contributed by atoms with Crippen molar-refractivity contribution in [1.29, 1.82) is 0 Å². The van der Waals surface area contributed by atoms with Crippen LogP contribution in [0.15, 0.2) is 24.3 Å². The summed E-state index contributed by atoms with van der Waals surface area (Å²) in [6.07, 6.45) is 0. The third kappa shape index (κ3) is 4.86. The lowest BCUT2D eigenvalue weighted by Crippen LogP contribution is -2.36. The second kappa shape index (κ2) is 8.38. The number of hydrogen-bond acceptors (Lipinski definition) is 3. The first-order valence-corrected chi connectivity index (χ1v) is 7.37. The number of para-hydroxylation sites is 2. The van der Waals surface area contributed by atoms with E-state index in [-0.39, 0.29) is 0 Å². The van der Waals surface area contributed by atoms with Crippen LogP contribution in [0.4, 0.5) is 0 Å². The highest BCUT2D eigenvalue weighted by molar-refractivity contribution is 9.09. The SMILES string of the molecule is COc1ccccc1OCCN(CCBr)C(C)C. The minimum atomic E-state index is 0.531. The Bertz CT molecular complexity index is 344. The number of methoxy groups -OCH3 is 1. The molecule has 0 spiro atoms. The lowest BCUT2D eigenvalue weighted by molar-refractivity contribution is 0.182. The van der Waals surface area contributed by atoms with Crippen molar-refractivity contribution in [2.75, 3.05) is 32.1 Å². The topological polar surface area (TPSA) is 21.7 Å². The number of ether oxygens (including phenoxy) is 2. The van der Waals surface area contributed by atoms with Gasteiger partial charge in [0.1, 0.15) is 6.61 Å². The van der Waals surface area contributed by atoms with Gasteiger partial charge in [-0.2, -0.15) is 0 Å². The number of nitrogens with zero attached hydrogens (tertiary/aromatic N) is 1. The van der Waals surface area contributed by atoms with Gasteiger partial charge in [0.2, 0.25) is 0 Å². The van der Waals surface area contributed by atoms with Gasteiger partial charge in [-0.1, -0.05) is 28.1 Å². The van der Waals surface area contributed by atoms with E-state index in [2.05, 4.69) is 34.7 Å². The molecule has 0 aliphatic heterocycles. The molecule has 0 radical (unpaired) electrons. The van der Waals surface area contributed by atoms with E-state index in [0.717, 1.165) is 29.9 Å². The van der Waals surface area contributed by atoms with Crippen LogP contribution in [-0.2, 0) is 0 Å². The van der Waals surface area contributed by atoms with Crippen molar-refractivity contribution >= 4 is 15.9 Å². The molecule has 0 saturated carbocycles. The first-order valence-electron chi connectivity index (χ1n) is 6.25. The van der Waals surface area contributed by atoms with E-state index in [1.165, 1.54) is 0 Å². The number of rotatable bonds is 8. The van der Waals surface area contributed by atoms with Crippen molar-refractivity contribution in [3.63, 3.8) is 0 Å². The minimum Gasteiger partial charge on any atom is -0.493 e. The summed E-state index contributed by atoms with van der Waals surface area (Å²) >= 11 is 3.48. The summed E-state index contributed by atoms with van der Waals surface area (Å²) in [5.41, 5.74) is 0. The normalized spacial score (nSPS) is 11.0. The first-order chi connectivity index (χ1) is 8.69. The van der Waals surface area contributed by atoms with Crippen LogP contribution in [0.5, 0.6) is 11.5 Å². The minimum absolute atomic E-state index is 0.531. The lowest BCUT2D eigenvalue weighted by atomic mass is 10.3. The smallest absolute Gasteiger partial charge is 0.161 e. The second-order valence-corrected chi connectivity index (χ2v) is 5.11. The van der Waals surface area contributed by atoms with Crippen LogP contribution >= 0.6 is 15.9 Å². The molecule has 1 aromatic rings. The highest BCUT2D eigenvalue weighted by atomic mass is 79.9. The van der Waals surface area contributed by atoms with Crippen molar-refractivity contribution in [1.82, 2.24) is 4.90 Å². The largest absolute Gasteiger partial charge is 0.493 e. The molecule has 3 nitrogen and oxygen atoms in total. The maximum absolute atomic E-state index is 5.77. The molecule has 0 fully saturated rings. The number of benzene rings is 1. The van der Waals surface area contributed by atoms with E-state index in [1.54, 1.807) is 7.11 Å². The molecule has 0 N–H and O–H groups in total. The fraction of sp³-hybridized carbons (Fsp3) is 0.571. The molecule has 0 aromatic heterocycles. The molecule has 0 amide bonds. The Hall–Kier alpha value is -0.740. The van der Waals surface area contributed by atoms with E-state index >= 15 is 0 Å². The van der Waals surface area contributed by atoms with Gasteiger partial charge >= 0.3 is 0 Å². The third-order valence-electron chi connectivity index (χ3n) is 2.81. The Morgan fingerprint density at radius 2 is 1.83 bits per heavy atom. The zero-order valence-corrected chi connectivity index (χ0v) is 12.9. The summed E-state index contributed by atoms with van der Waals surface area (Å²) in [4.78, 5) is 2.38. The summed E-state index contributed by atoms with van der Waals surface area (Å²) in [6, 6.07) is 8.27.